The van der Waals surface area contributed by atoms with Gasteiger partial charge in [0, 0.05) is 0 Å². The van der Waals surface area contributed by atoms with E-state index in [-0.39, 0.29) is 17.3 Å². The van der Waals surface area contributed by atoms with E-state index in [9.17, 15) is 4.79 Å². The van der Waals surface area contributed by atoms with Crippen LogP contribution in [0.1, 0.15) is 30.3 Å². The summed E-state index contributed by atoms with van der Waals surface area (Å²) in [5, 5.41) is 26.7. The van der Waals surface area contributed by atoms with Crippen LogP contribution in [0.5, 0.6) is 0 Å². The number of hydrogen-bond acceptors (Lipinski definition) is 4. The largest absolute Gasteiger partial charge is 0.480 e. The first-order valence-corrected chi connectivity index (χ1v) is 4.79. The van der Waals surface area contributed by atoms with Crippen LogP contribution in [-0.4, -0.2) is 20.6 Å². The maximum Gasteiger partial charge on any atom is 0.327 e. The van der Waals surface area contributed by atoms with Gasteiger partial charge >= 0.3 is 5.97 Å². The standard InChI is InChI=1S/C10H8N4O2/c11-3-7-8(4-12)14(5-13-7)9(10(15)16)6-1-2-6/h5-6,9H,1-2H2,(H,15,16). The number of nitriles is 2. The van der Waals surface area contributed by atoms with Crippen LogP contribution in [0.2, 0.25) is 0 Å². The molecule has 1 heterocycles. The molecule has 0 amide bonds. The molecule has 1 unspecified atom stereocenters. The minimum absolute atomic E-state index is 0.0191. The fourth-order valence-electron chi connectivity index (χ4n) is 1.72. The number of imidazole rings is 1. The van der Waals surface area contributed by atoms with Crippen molar-refractivity contribution in [3.05, 3.63) is 17.7 Å². The van der Waals surface area contributed by atoms with Gasteiger partial charge in [0.2, 0.25) is 0 Å². The number of carbonyl (C=O) groups is 1. The van der Waals surface area contributed by atoms with Crippen molar-refractivity contribution in [3.63, 3.8) is 0 Å². The average Bonchev–Trinajstić information content (AvgIpc) is 2.98. The maximum atomic E-state index is 11.1. The molecule has 1 atom stereocenters. The highest BCUT2D eigenvalue weighted by Gasteiger charge is 2.39. The van der Waals surface area contributed by atoms with Crippen molar-refractivity contribution < 1.29 is 9.90 Å². The van der Waals surface area contributed by atoms with E-state index in [2.05, 4.69) is 4.98 Å². The third kappa shape index (κ3) is 1.51. The number of aliphatic carboxylic acids is 1. The summed E-state index contributed by atoms with van der Waals surface area (Å²) in [6.07, 6.45) is 2.93. The summed E-state index contributed by atoms with van der Waals surface area (Å²) in [4.78, 5) is 14.8. The Morgan fingerprint density at radius 1 is 1.56 bits per heavy atom. The van der Waals surface area contributed by atoms with Gasteiger partial charge in [-0.3, -0.25) is 0 Å². The molecule has 1 aliphatic carbocycles. The first kappa shape index (κ1) is 10.2. The Labute approximate surface area is 91.4 Å². The Morgan fingerprint density at radius 3 is 2.69 bits per heavy atom. The molecule has 0 spiro atoms. The second-order valence-corrected chi connectivity index (χ2v) is 3.69. The van der Waals surface area contributed by atoms with Crippen molar-refractivity contribution in [1.82, 2.24) is 9.55 Å². The number of aromatic nitrogens is 2. The number of hydrogen-bond donors (Lipinski definition) is 1. The van der Waals surface area contributed by atoms with Crippen molar-refractivity contribution in [1.29, 1.82) is 10.5 Å². The van der Waals surface area contributed by atoms with Gasteiger partial charge in [0.05, 0.1) is 6.33 Å². The molecule has 0 saturated heterocycles. The van der Waals surface area contributed by atoms with Crippen LogP contribution in [0.15, 0.2) is 6.33 Å². The minimum Gasteiger partial charge on any atom is -0.480 e. The zero-order valence-electron chi connectivity index (χ0n) is 8.29. The molecule has 80 valence electrons. The highest BCUT2D eigenvalue weighted by atomic mass is 16.4. The Balaban J connectivity index is 2.47. The van der Waals surface area contributed by atoms with Crippen LogP contribution in [0.3, 0.4) is 0 Å². The predicted molar refractivity (Wildman–Crippen MR) is 51.1 cm³/mol. The maximum absolute atomic E-state index is 11.1. The van der Waals surface area contributed by atoms with Crippen molar-refractivity contribution in [3.8, 4) is 12.1 Å². The molecule has 0 bridgehead atoms. The van der Waals surface area contributed by atoms with E-state index in [0.717, 1.165) is 12.8 Å². The molecule has 1 fully saturated rings. The third-order valence-corrected chi connectivity index (χ3v) is 2.63. The second-order valence-electron chi connectivity index (χ2n) is 3.69. The summed E-state index contributed by atoms with van der Waals surface area (Å²) < 4.78 is 1.29. The second kappa shape index (κ2) is 3.67. The Kier molecular flexibility index (Phi) is 2.34. The first-order valence-electron chi connectivity index (χ1n) is 4.79. The van der Waals surface area contributed by atoms with Gasteiger partial charge in [-0.05, 0) is 18.8 Å². The molecule has 6 heteroatoms. The third-order valence-electron chi connectivity index (χ3n) is 2.63. The van der Waals surface area contributed by atoms with E-state index in [1.165, 1.54) is 10.9 Å². The van der Waals surface area contributed by atoms with Gasteiger partial charge in [0.25, 0.3) is 0 Å². The van der Waals surface area contributed by atoms with E-state index in [4.69, 9.17) is 15.6 Å². The van der Waals surface area contributed by atoms with Crippen LogP contribution in [0.25, 0.3) is 0 Å². The summed E-state index contributed by atoms with van der Waals surface area (Å²) >= 11 is 0. The molecule has 16 heavy (non-hydrogen) atoms. The van der Waals surface area contributed by atoms with E-state index < -0.39 is 12.0 Å². The Bertz CT molecular complexity index is 516. The van der Waals surface area contributed by atoms with Crippen molar-refractivity contribution in [2.45, 2.75) is 18.9 Å². The lowest BCUT2D eigenvalue weighted by Gasteiger charge is -2.13. The molecule has 0 aromatic carbocycles. The summed E-state index contributed by atoms with van der Waals surface area (Å²) in [5.74, 6) is -0.939. The number of rotatable bonds is 3. The molecule has 1 aromatic heterocycles. The van der Waals surface area contributed by atoms with E-state index in [1.54, 1.807) is 6.07 Å². The van der Waals surface area contributed by atoms with Gasteiger partial charge < -0.3 is 9.67 Å². The Morgan fingerprint density at radius 2 is 2.25 bits per heavy atom. The minimum atomic E-state index is -0.985. The fraction of sp³-hybridized carbons (Fsp3) is 0.400. The molecular weight excluding hydrogens is 208 g/mol. The average molecular weight is 216 g/mol. The fourth-order valence-corrected chi connectivity index (χ4v) is 1.72. The summed E-state index contributed by atoms with van der Waals surface area (Å²) in [6, 6.07) is 2.83. The molecule has 1 N–H and O–H groups in total. The molecule has 0 radical (unpaired) electrons. The molecule has 1 aromatic rings. The summed E-state index contributed by atoms with van der Waals surface area (Å²) in [6.45, 7) is 0. The van der Waals surface area contributed by atoms with Crippen LogP contribution < -0.4 is 0 Å². The topological polar surface area (TPSA) is 103 Å². The van der Waals surface area contributed by atoms with Gasteiger partial charge in [0.15, 0.2) is 11.4 Å². The smallest absolute Gasteiger partial charge is 0.327 e. The van der Waals surface area contributed by atoms with Gasteiger partial charge in [-0.1, -0.05) is 0 Å². The monoisotopic (exact) mass is 216 g/mol. The lowest BCUT2D eigenvalue weighted by Crippen LogP contribution is -2.21. The zero-order valence-corrected chi connectivity index (χ0v) is 8.29. The van der Waals surface area contributed by atoms with Crippen molar-refractivity contribution >= 4 is 5.97 Å². The van der Waals surface area contributed by atoms with E-state index in [1.807, 2.05) is 6.07 Å². The van der Waals surface area contributed by atoms with Crippen molar-refractivity contribution in [2.24, 2.45) is 5.92 Å². The first-order chi connectivity index (χ1) is 7.69. The summed E-state index contributed by atoms with van der Waals surface area (Å²) in [7, 11) is 0. The van der Waals surface area contributed by atoms with Crippen molar-refractivity contribution in [2.75, 3.05) is 0 Å². The number of carboxylic acids is 1. The van der Waals surface area contributed by atoms with Gasteiger partial charge in [0.1, 0.15) is 18.2 Å². The van der Waals surface area contributed by atoms with Crippen LogP contribution in [0, 0.1) is 28.6 Å². The molecular formula is C10H8N4O2. The lowest BCUT2D eigenvalue weighted by atomic mass is 10.2. The van der Waals surface area contributed by atoms with Gasteiger partial charge in [-0.25, -0.2) is 9.78 Å². The van der Waals surface area contributed by atoms with Gasteiger partial charge in [-0.15, -0.1) is 0 Å². The zero-order chi connectivity index (χ0) is 11.7. The SMILES string of the molecule is N#Cc1ncn(C(C(=O)O)C2CC2)c1C#N. The summed E-state index contributed by atoms with van der Waals surface area (Å²) in [5.41, 5.74) is 0.0104. The predicted octanol–water partition coefficient (Wildman–Crippen LogP) is 0.662. The highest BCUT2D eigenvalue weighted by Crippen LogP contribution is 2.40. The van der Waals surface area contributed by atoms with E-state index >= 15 is 0 Å². The van der Waals surface area contributed by atoms with Crippen LogP contribution in [0.4, 0.5) is 0 Å². The Hall–Kier alpha value is -2.34. The van der Waals surface area contributed by atoms with Crippen LogP contribution >= 0.6 is 0 Å². The number of nitrogens with zero attached hydrogens (tertiary/aromatic N) is 4. The molecule has 2 rings (SSSR count). The molecule has 1 aliphatic rings. The van der Waals surface area contributed by atoms with Gasteiger partial charge in [-0.2, -0.15) is 10.5 Å². The quantitative estimate of drug-likeness (QED) is 0.799. The highest BCUT2D eigenvalue weighted by molar-refractivity contribution is 5.73. The van der Waals surface area contributed by atoms with Crippen LogP contribution in [-0.2, 0) is 4.79 Å². The lowest BCUT2D eigenvalue weighted by molar-refractivity contribution is -0.141. The number of carboxylic acid groups (broad SMARTS) is 1. The normalized spacial score (nSPS) is 16.1. The van der Waals surface area contributed by atoms with E-state index in [0.29, 0.717) is 0 Å². The molecule has 6 nitrogen and oxygen atoms in total. The molecule has 1 saturated carbocycles. The molecule has 0 aliphatic heterocycles.